The Kier molecular flexibility index (Phi) is 5.20. The van der Waals surface area contributed by atoms with E-state index in [4.69, 9.17) is 11.6 Å². The Morgan fingerprint density at radius 2 is 2.00 bits per heavy atom. The summed E-state index contributed by atoms with van der Waals surface area (Å²) in [5.74, 6) is -0.640. The fourth-order valence-corrected chi connectivity index (χ4v) is 2.80. The van der Waals surface area contributed by atoms with Crippen LogP contribution in [0.1, 0.15) is 36.0 Å². The van der Waals surface area contributed by atoms with Crippen LogP contribution in [-0.4, -0.2) is 35.6 Å². The first-order valence-corrected chi connectivity index (χ1v) is 7.38. The number of nitrogens with one attached hydrogen (secondary N) is 2. The Hall–Kier alpha value is -1.59. The van der Waals surface area contributed by atoms with Crippen LogP contribution < -0.4 is 10.6 Å². The van der Waals surface area contributed by atoms with Gasteiger partial charge in [-0.05, 0) is 31.0 Å². The maximum absolute atomic E-state index is 11.9. The van der Waals surface area contributed by atoms with Crippen molar-refractivity contribution in [2.24, 2.45) is 0 Å². The summed E-state index contributed by atoms with van der Waals surface area (Å²) in [6.07, 6.45) is 3.54. The fourth-order valence-electron chi connectivity index (χ4n) is 2.61. The van der Waals surface area contributed by atoms with Crippen LogP contribution in [0, 0.1) is 0 Å². The van der Waals surface area contributed by atoms with Crippen molar-refractivity contribution in [2.45, 2.75) is 31.2 Å². The topological polar surface area (TPSA) is 78.4 Å². The zero-order valence-corrected chi connectivity index (χ0v) is 12.4. The second kappa shape index (κ2) is 6.91. The molecular formula is C15H19ClN2O3. The molecule has 0 bridgehead atoms. The van der Waals surface area contributed by atoms with Crippen LogP contribution in [0.5, 0.6) is 0 Å². The van der Waals surface area contributed by atoms with Gasteiger partial charge in [-0.25, -0.2) is 0 Å². The molecule has 114 valence electrons. The quantitative estimate of drug-likeness (QED) is 0.771. The minimum Gasteiger partial charge on any atom is -0.394 e. The molecule has 0 radical (unpaired) electrons. The molecule has 1 aromatic carbocycles. The van der Waals surface area contributed by atoms with E-state index < -0.39 is 5.54 Å². The highest BCUT2D eigenvalue weighted by Gasteiger charge is 2.34. The number of aliphatic hydroxyl groups excluding tert-OH is 1. The van der Waals surface area contributed by atoms with Gasteiger partial charge in [-0.15, -0.1) is 0 Å². The second-order valence-corrected chi connectivity index (χ2v) is 5.82. The van der Waals surface area contributed by atoms with Crippen LogP contribution in [0.25, 0.3) is 0 Å². The van der Waals surface area contributed by atoms with Gasteiger partial charge in [-0.3, -0.25) is 9.59 Å². The van der Waals surface area contributed by atoms with E-state index in [9.17, 15) is 14.7 Å². The molecule has 0 spiro atoms. The van der Waals surface area contributed by atoms with Gasteiger partial charge in [0.1, 0.15) is 0 Å². The lowest BCUT2D eigenvalue weighted by Gasteiger charge is -2.28. The molecule has 0 saturated heterocycles. The van der Waals surface area contributed by atoms with Crippen LogP contribution in [0.2, 0.25) is 5.02 Å². The largest absolute Gasteiger partial charge is 0.394 e. The third-order valence-electron chi connectivity index (χ3n) is 3.76. The molecule has 0 aliphatic heterocycles. The molecule has 1 fully saturated rings. The van der Waals surface area contributed by atoms with E-state index >= 15 is 0 Å². The average Bonchev–Trinajstić information content (AvgIpc) is 2.94. The molecule has 0 heterocycles. The number of halogens is 1. The van der Waals surface area contributed by atoms with Crippen molar-refractivity contribution in [3.05, 3.63) is 34.9 Å². The summed E-state index contributed by atoms with van der Waals surface area (Å²) >= 11 is 5.82. The van der Waals surface area contributed by atoms with E-state index in [1.54, 1.807) is 24.3 Å². The second-order valence-electron chi connectivity index (χ2n) is 5.39. The first-order valence-electron chi connectivity index (χ1n) is 7.00. The standard InChI is InChI=1S/C15H19ClN2O3/c16-12-5-3-4-11(8-12)14(21)17-9-13(20)18-15(10-19)6-1-2-7-15/h3-5,8,19H,1-2,6-7,9-10H2,(H,17,21)(H,18,20). The molecule has 3 N–H and O–H groups in total. The number of rotatable bonds is 5. The zero-order valence-electron chi connectivity index (χ0n) is 11.7. The number of amides is 2. The molecule has 1 aromatic rings. The van der Waals surface area contributed by atoms with Crippen molar-refractivity contribution < 1.29 is 14.7 Å². The van der Waals surface area contributed by atoms with Crippen LogP contribution in [0.4, 0.5) is 0 Å². The normalized spacial score (nSPS) is 16.5. The van der Waals surface area contributed by atoms with Crippen LogP contribution in [0.15, 0.2) is 24.3 Å². The van der Waals surface area contributed by atoms with E-state index in [1.165, 1.54) is 0 Å². The van der Waals surface area contributed by atoms with Crippen molar-refractivity contribution in [3.8, 4) is 0 Å². The molecule has 0 atom stereocenters. The first-order chi connectivity index (χ1) is 10.0. The van der Waals surface area contributed by atoms with Gasteiger partial charge >= 0.3 is 0 Å². The van der Waals surface area contributed by atoms with E-state index in [0.29, 0.717) is 10.6 Å². The molecule has 5 nitrogen and oxygen atoms in total. The predicted octanol–water partition coefficient (Wildman–Crippen LogP) is 1.49. The first kappa shape index (κ1) is 15.8. The summed E-state index contributed by atoms with van der Waals surface area (Å²) in [5, 5.41) is 15.3. The van der Waals surface area contributed by atoms with Gasteiger partial charge in [-0.1, -0.05) is 30.5 Å². The summed E-state index contributed by atoms with van der Waals surface area (Å²) in [6.45, 7) is -0.186. The number of benzene rings is 1. The Balaban J connectivity index is 1.85. The highest BCUT2D eigenvalue weighted by atomic mass is 35.5. The molecule has 1 aliphatic carbocycles. The zero-order chi connectivity index (χ0) is 15.3. The number of hydrogen-bond donors (Lipinski definition) is 3. The minimum absolute atomic E-state index is 0.0685. The van der Waals surface area contributed by atoms with Gasteiger partial charge in [-0.2, -0.15) is 0 Å². The molecule has 1 saturated carbocycles. The van der Waals surface area contributed by atoms with E-state index in [1.807, 2.05) is 0 Å². The van der Waals surface area contributed by atoms with Crippen molar-refractivity contribution >= 4 is 23.4 Å². The van der Waals surface area contributed by atoms with Crippen LogP contribution >= 0.6 is 11.6 Å². The number of carbonyl (C=O) groups is 2. The summed E-state index contributed by atoms with van der Waals surface area (Å²) in [7, 11) is 0. The summed E-state index contributed by atoms with van der Waals surface area (Å²) in [4.78, 5) is 23.8. The molecule has 6 heteroatoms. The molecule has 2 amide bonds. The Labute approximate surface area is 128 Å². The highest BCUT2D eigenvalue weighted by Crippen LogP contribution is 2.28. The van der Waals surface area contributed by atoms with Crippen molar-refractivity contribution in [1.29, 1.82) is 0 Å². The summed E-state index contributed by atoms with van der Waals surface area (Å²) in [6, 6.07) is 6.53. The van der Waals surface area contributed by atoms with Crippen LogP contribution in [-0.2, 0) is 4.79 Å². The smallest absolute Gasteiger partial charge is 0.251 e. The molecular weight excluding hydrogens is 292 g/mol. The Bertz CT molecular complexity index is 527. The molecule has 0 unspecified atom stereocenters. The van der Waals surface area contributed by atoms with Crippen molar-refractivity contribution in [1.82, 2.24) is 10.6 Å². The fraction of sp³-hybridized carbons (Fsp3) is 0.467. The lowest BCUT2D eigenvalue weighted by molar-refractivity contribution is -0.122. The minimum atomic E-state index is -0.516. The highest BCUT2D eigenvalue weighted by molar-refractivity contribution is 6.30. The van der Waals surface area contributed by atoms with Gasteiger partial charge in [0.05, 0.1) is 18.7 Å². The number of aliphatic hydroxyl groups is 1. The lowest BCUT2D eigenvalue weighted by atomic mass is 9.99. The Morgan fingerprint density at radius 1 is 1.29 bits per heavy atom. The molecule has 21 heavy (non-hydrogen) atoms. The van der Waals surface area contributed by atoms with E-state index in [0.717, 1.165) is 25.7 Å². The van der Waals surface area contributed by atoms with Gasteiger partial charge in [0.15, 0.2) is 0 Å². The maximum atomic E-state index is 11.9. The average molecular weight is 311 g/mol. The van der Waals surface area contributed by atoms with E-state index in [-0.39, 0.29) is 25.0 Å². The third-order valence-corrected chi connectivity index (χ3v) is 4.00. The predicted molar refractivity (Wildman–Crippen MR) is 80.2 cm³/mol. The maximum Gasteiger partial charge on any atom is 0.251 e. The number of carbonyl (C=O) groups excluding carboxylic acids is 2. The monoisotopic (exact) mass is 310 g/mol. The van der Waals surface area contributed by atoms with Crippen molar-refractivity contribution in [2.75, 3.05) is 13.2 Å². The molecule has 1 aliphatic rings. The van der Waals surface area contributed by atoms with Crippen molar-refractivity contribution in [3.63, 3.8) is 0 Å². The van der Waals surface area contributed by atoms with Gasteiger partial charge in [0.2, 0.25) is 5.91 Å². The van der Waals surface area contributed by atoms with Gasteiger partial charge in [0.25, 0.3) is 5.91 Å². The van der Waals surface area contributed by atoms with Crippen LogP contribution in [0.3, 0.4) is 0 Å². The van der Waals surface area contributed by atoms with Gasteiger partial charge in [0, 0.05) is 10.6 Å². The Morgan fingerprint density at radius 3 is 2.62 bits per heavy atom. The molecule has 0 aromatic heterocycles. The number of hydrogen-bond acceptors (Lipinski definition) is 3. The summed E-state index contributed by atoms with van der Waals surface area (Å²) < 4.78 is 0. The molecule has 2 rings (SSSR count). The lowest BCUT2D eigenvalue weighted by Crippen LogP contribution is -2.52. The SMILES string of the molecule is O=C(CNC(=O)c1cccc(Cl)c1)NC1(CO)CCCC1. The van der Waals surface area contributed by atoms with E-state index in [2.05, 4.69) is 10.6 Å². The third kappa shape index (κ3) is 4.19. The summed E-state index contributed by atoms with van der Waals surface area (Å²) in [5.41, 5.74) is -0.106. The van der Waals surface area contributed by atoms with Gasteiger partial charge < -0.3 is 15.7 Å².